The third-order valence-electron chi connectivity index (χ3n) is 6.94. The van der Waals surface area contributed by atoms with E-state index in [-0.39, 0.29) is 23.8 Å². The van der Waals surface area contributed by atoms with Gasteiger partial charge in [0.05, 0.1) is 11.6 Å². The van der Waals surface area contributed by atoms with E-state index in [1.807, 2.05) is 39.8 Å². The number of benzene rings is 1. The second kappa shape index (κ2) is 9.47. The Kier molecular flexibility index (Phi) is 7.34. The Morgan fingerprint density at radius 2 is 1.90 bits per heavy atom. The van der Waals surface area contributed by atoms with E-state index in [2.05, 4.69) is 10.6 Å². The largest absolute Gasteiger partial charge is 0.384 e. The summed E-state index contributed by atoms with van der Waals surface area (Å²) in [4.78, 5) is 28.0. The van der Waals surface area contributed by atoms with Crippen molar-refractivity contribution in [2.75, 3.05) is 19.6 Å². The van der Waals surface area contributed by atoms with Crippen LogP contribution in [0, 0.1) is 11.3 Å². The number of piperidine rings is 2. The first-order chi connectivity index (χ1) is 14.5. The van der Waals surface area contributed by atoms with Crippen molar-refractivity contribution in [3.8, 4) is 0 Å². The second-order valence-electron chi connectivity index (χ2n) is 9.99. The molecule has 3 atom stereocenters. The maximum Gasteiger partial charge on any atom is 0.245 e. The van der Waals surface area contributed by atoms with Gasteiger partial charge in [0.2, 0.25) is 11.8 Å². The van der Waals surface area contributed by atoms with Crippen LogP contribution in [0.25, 0.3) is 0 Å². The molecule has 1 aromatic rings. The molecule has 0 aliphatic carbocycles. The predicted octanol–water partition coefficient (Wildman–Crippen LogP) is 3.07. The van der Waals surface area contributed by atoms with Crippen molar-refractivity contribution < 1.29 is 14.7 Å². The topological polar surface area (TPSA) is 81.7 Å². The fourth-order valence-electron chi connectivity index (χ4n) is 4.81. The smallest absolute Gasteiger partial charge is 0.245 e. The summed E-state index contributed by atoms with van der Waals surface area (Å²) in [6.07, 6.45) is 3.33. The van der Waals surface area contributed by atoms with E-state index in [9.17, 15) is 14.7 Å². The van der Waals surface area contributed by atoms with Gasteiger partial charge in [0, 0.05) is 23.5 Å². The van der Waals surface area contributed by atoms with Crippen molar-refractivity contribution in [2.45, 2.75) is 71.1 Å². The highest BCUT2D eigenvalue weighted by molar-refractivity contribution is 6.30. The van der Waals surface area contributed by atoms with E-state index >= 15 is 0 Å². The number of hydrogen-bond acceptors (Lipinski definition) is 4. The third-order valence-corrected chi connectivity index (χ3v) is 7.19. The van der Waals surface area contributed by atoms with Crippen molar-refractivity contribution in [1.82, 2.24) is 15.5 Å². The third kappa shape index (κ3) is 5.07. The molecule has 31 heavy (non-hydrogen) atoms. The Bertz CT molecular complexity index is 790. The number of hydrogen-bond donors (Lipinski definition) is 3. The quantitative estimate of drug-likeness (QED) is 0.645. The highest BCUT2D eigenvalue weighted by Gasteiger charge is 2.50. The minimum absolute atomic E-state index is 0.0276. The molecule has 2 aliphatic rings. The Morgan fingerprint density at radius 1 is 1.23 bits per heavy atom. The zero-order valence-electron chi connectivity index (χ0n) is 19.1. The van der Waals surface area contributed by atoms with Gasteiger partial charge < -0.3 is 20.6 Å². The van der Waals surface area contributed by atoms with Crippen LogP contribution in [0.4, 0.5) is 0 Å². The van der Waals surface area contributed by atoms with Gasteiger partial charge in [-0.25, -0.2) is 0 Å². The molecule has 0 saturated carbocycles. The first-order valence-corrected chi connectivity index (χ1v) is 11.7. The van der Waals surface area contributed by atoms with Crippen LogP contribution in [-0.4, -0.2) is 53.5 Å². The van der Waals surface area contributed by atoms with Crippen LogP contribution < -0.4 is 10.6 Å². The molecule has 3 N–H and O–H groups in total. The van der Waals surface area contributed by atoms with Crippen molar-refractivity contribution >= 4 is 23.4 Å². The van der Waals surface area contributed by atoms with Gasteiger partial charge in [-0.2, -0.15) is 0 Å². The molecule has 0 radical (unpaired) electrons. The number of nitrogens with one attached hydrogen (secondary N) is 2. The molecule has 0 unspecified atom stereocenters. The first kappa shape index (κ1) is 24.0. The molecular weight excluding hydrogens is 414 g/mol. The van der Waals surface area contributed by atoms with E-state index in [0.717, 1.165) is 31.4 Å². The Morgan fingerprint density at radius 3 is 2.45 bits per heavy atom. The average molecular weight is 450 g/mol. The molecule has 2 amide bonds. The Hall–Kier alpha value is -1.63. The van der Waals surface area contributed by atoms with E-state index in [4.69, 9.17) is 11.6 Å². The summed E-state index contributed by atoms with van der Waals surface area (Å²) in [5, 5.41) is 18.4. The number of halogens is 1. The van der Waals surface area contributed by atoms with Crippen LogP contribution in [0.3, 0.4) is 0 Å². The first-order valence-electron chi connectivity index (χ1n) is 11.4. The number of nitrogens with zero attached hydrogens (tertiary/aromatic N) is 1. The number of likely N-dealkylation sites (tertiary alicyclic amines) is 1. The zero-order valence-corrected chi connectivity index (χ0v) is 19.8. The average Bonchev–Trinajstić information content (AvgIpc) is 2.74. The van der Waals surface area contributed by atoms with Crippen LogP contribution in [0.1, 0.15) is 58.9 Å². The highest BCUT2D eigenvalue weighted by atomic mass is 35.5. The van der Waals surface area contributed by atoms with E-state index < -0.39 is 17.1 Å². The molecule has 7 heteroatoms. The van der Waals surface area contributed by atoms with Crippen molar-refractivity contribution in [2.24, 2.45) is 11.3 Å². The summed E-state index contributed by atoms with van der Waals surface area (Å²) < 4.78 is 0. The van der Waals surface area contributed by atoms with E-state index in [1.54, 1.807) is 17.0 Å². The molecule has 1 aromatic carbocycles. The molecule has 172 valence electrons. The van der Waals surface area contributed by atoms with Crippen molar-refractivity contribution in [1.29, 1.82) is 0 Å². The maximum absolute atomic E-state index is 13.4. The lowest BCUT2D eigenvalue weighted by molar-refractivity contribution is -0.156. The van der Waals surface area contributed by atoms with Gasteiger partial charge in [-0.15, -0.1) is 0 Å². The van der Waals surface area contributed by atoms with Gasteiger partial charge >= 0.3 is 0 Å². The van der Waals surface area contributed by atoms with Crippen LogP contribution in [-0.2, 0) is 15.2 Å². The molecule has 0 spiro atoms. The lowest BCUT2D eigenvalue weighted by Gasteiger charge is -2.51. The van der Waals surface area contributed by atoms with Crippen LogP contribution >= 0.6 is 11.6 Å². The molecule has 2 saturated heterocycles. The van der Waals surface area contributed by atoms with Crippen molar-refractivity contribution in [3.63, 3.8) is 0 Å². The molecule has 2 fully saturated rings. The predicted molar refractivity (Wildman–Crippen MR) is 123 cm³/mol. The number of aliphatic hydroxyl groups is 1. The Balaban J connectivity index is 1.72. The monoisotopic (exact) mass is 449 g/mol. The summed E-state index contributed by atoms with van der Waals surface area (Å²) in [6, 6.07) is 6.48. The van der Waals surface area contributed by atoms with Crippen LogP contribution in [0.15, 0.2) is 24.3 Å². The standard InChI is InChI=1S/C24H36ClN3O3/c1-16(2)20(27-21(29)19-7-5-6-13-26-19)22(30)28-14-12-24(31,23(3,4)15-28)17-8-10-18(25)11-9-17/h8-11,16,19-20,26,31H,5-7,12-15H2,1-4H3,(H,27,29)/t19-,20+,24-/m0/s1. The SMILES string of the molecule is CC(C)[C@@H](NC(=O)[C@@H]1CCCCN1)C(=O)N1CC[C@](O)(c2ccc(Cl)cc2)C(C)(C)C1. The highest BCUT2D eigenvalue weighted by Crippen LogP contribution is 2.46. The van der Waals surface area contributed by atoms with Crippen molar-refractivity contribution in [3.05, 3.63) is 34.9 Å². The number of carbonyl (C=O) groups excluding carboxylic acids is 2. The summed E-state index contributed by atoms with van der Waals surface area (Å²) in [6.45, 7) is 9.55. The minimum Gasteiger partial charge on any atom is -0.384 e. The fourth-order valence-corrected chi connectivity index (χ4v) is 4.94. The molecule has 6 nitrogen and oxygen atoms in total. The van der Waals surface area contributed by atoms with Gasteiger partial charge in [-0.05, 0) is 49.4 Å². The van der Waals surface area contributed by atoms with Gasteiger partial charge in [0.25, 0.3) is 0 Å². The lowest BCUT2D eigenvalue weighted by Crippen LogP contribution is -2.61. The van der Waals surface area contributed by atoms with Gasteiger partial charge in [0.1, 0.15) is 6.04 Å². The summed E-state index contributed by atoms with van der Waals surface area (Å²) in [5.41, 5.74) is -0.812. The fraction of sp³-hybridized carbons (Fsp3) is 0.667. The van der Waals surface area contributed by atoms with E-state index in [0.29, 0.717) is 24.5 Å². The number of rotatable bonds is 5. The Labute approximate surface area is 190 Å². The zero-order chi connectivity index (χ0) is 22.8. The maximum atomic E-state index is 13.4. The molecule has 2 heterocycles. The molecule has 0 aromatic heterocycles. The van der Waals surface area contributed by atoms with Crippen LogP contribution in [0.5, 0.6) is 0 Å². The van der Waals surface area contributed by atoms with Gasteiger partial charge in [-0.1, -0.05) is 57.8 Å². The molecule has 3 rings (SSSR count). The molecule has 0 bridgehead atoms. The summed E-state index contributed by atoms with van der Waals surface area (Å²) >= 11 is 6.02. The van der Waals surface area contributed by atoms with Crippen LogP contribution in [0.2, 0.25) is 5.02 Å². The second-order valence-corrected chi connectivity index (χ2v) is 10.4. The summed E-state index contributed by atoms with van der Waals surface area (Å²) in [7, 11) is 0. The molecular formula is C24H36ClN3O3. The normalized spacial score (nSPS) is 27.1. The lowest BCUT2D eigenvalue weighted by atomic mass is 9.66. The minimum atomic E-state index is -1.06. The van der Waals surface area contributed by atoms with Gasteiger partial charge in [0.15, 0.2) is 0 Å². The summed E-state index contributed by atoms with van der Waals surface area (Å²) in [5.74, 6) is -0.202. The molecule has 2 aliphatic heterocycles. The number of amides is 2. The van der Waals surface area contributed by atoms with Gasteiger partial charge in [-0.3, -0.25) is 9.59 Å². The number of carbonyl (C=O) groups is 2. The van der Waals surface area contributed by atoms with E-state index in [1.165, 1.54) is 0 Å².